The molecule has 0 fully saturated rings. The van der Waals surface area contributed by atoms with E-state index in [1.165, 1.54) is 29.0 Å². The van der Waals surface area contributed by atoms with E-state index in [1.54, 1.807) is 12.1 Å². The lowest BCUT2D eigenvalue weighted by Gasteiger charge is -2.33. The van der Waals surface area contributed by atoms with Crippen molar-refractivity contribution < 1.29 is 13.9 Å². The molecule has 0 aliphatic carbocycles. The Bertz CT molecular complexity index is 1060. The maximum Gasteiger partial charge on any atom is 0.264 e. The molecule has 1 amide bonds. The molecule has 6 heteroatoms. The van der Waals surface area contributed by atoms with E-state index in [0.29, 0.717) is 10.9 Å². The van der Waals surface area contributed by atoms with Crippen molar-refractivity contribution in [2.75, 3.05) is 11.9 Å². The van der Waals surface area contributed by atoms with Crippen LogP contribution in [0.2, 0.25) is 0 Å². The minimum atomic E-state index is -0.293. The first-order valence-electron chi connectivity index (χ1n) is 10.7. The van der Waals surface area contributed by atoms with Gasteiger partial charge in [-0.2, -0.15) is 0 Å². The molecule has 0 radical (unpaired) electrons. The van der Waals surface area contributed by atoms with Crippen LogP contribution in [-0.2, 0) is 10.2 Å². The van der Waals surface area contributed by atoms with Gasteiger partial charge in [0.1, 0.15) is 11.6 Å². The number of hydrogen-bond donors (Lipinski definition) is 1. The summed E-state index contributed by atoms with van der Waals surface area (Å²) in [6.07, 6.45) is 1.07. The fraction of sp³-hybridized carbons (Fsp3) is 0.385. The number of aryl methyl sites for hydroxylation is 1. The second-order valence-electron chi connectivity index (χ2n) is 9.91. The Morgan fingerprint density at radius 2 is 1.66 bits per heavy atom. The predicted octanol–water partition coefficient (Wildman–Crippen LogP) is 6.99. The molecule has 4 nitrogen and oxygen atoms in total. The van der Waals surface area contributed by atoms with E-state index in [9.17, 15) is 9.18 Å². The Balaban J connectivity index is 1.57. The molecule has 0 aliphatic rings. The van der Waals surface area contributed by atoms with Gasteiger partial charge in [0.25, 0.3) is 5.91 Å². The summed E-state index contributed by atoms with van der Waals surface area (Å²) < 4.78 is 18.8. The number of ether oxygens (including phenoxy) is 1. The van der Waals surface area contributed by atoms with Gasteiger partial charge in [-0.25, -0.2) is 9.37 Å². The van der Waals surface area contributed by atoms with Gasteiger partial charge in [0.2, 0.25) is 0 Å². The molecule has 0 atom stereocenters. The second kappa shape index (κ2) is 9.41. The number of nitrogens with zero attached hydrogens (tertiary/aromatic N) is 1. The molecule has 0 saturated carbocycles. The molecule has 3 aromatic rings. The molecule has 3 rings (SSSR count). The fourth-order valence-electron chi connectivity index (χ4n) is 4.06. The van der Waals surface area contributed by atoms with E-state index in [-0.39, 0.29) is 29.2 Å². The Morgan fingerprint density at radius 1 is 1.03 bits per heavy atom. The fourth-order valence-corrected chi connectivity index (χ4v) is 4.91. The van der Waals surface area contributed by atoms with Gasteiger partial charge in [0, 0.05) is 10.4 Å². The number of thiazole rings is 1. The molecule has 0 aliphatic heterocycles. The molecule has 0 bridgehead atoms. The first kappa shape index (κ1) is 23.9. The SMILES string of the molecule is Cc1sc(NC(=O)COc2ccc(C(C)(C)CC(C)(C)C)cc2)nc1-c1ccc(F)cc1. The normalized spacial score (nSPS) is 12.0. The quantitative estimate of drug-likeness (QED) is 0.419. The van der Waals surface area contributed by atoms with Gasteiger partial charge in [0.05, 0.1) is 5.69 Å². The summed E-state index contributed by atoms with van der Waals surface area (Å²) in [5.74, 6) is 0.0810. The number of hydrogen-bond acceptors (Lipinski definition) is 4. The Kier molecular flexibility index (Phi) is 7.03. The van der Waals surface area contributed by atoms with E-state index in [0.717, 1.165) is 22.6 Å². The number of rotatable bonds is 7. The highest BCUT2D eigenvalue weighted by atomic mass is 32.1. The highest BCUT2D eigenvalue weighted by Crippen LogP contribution is 2.36. The van der Waals surface area contributed by atoms with Gasteiger partial charge >= 0.3 is 0 Å². The van der Waals surface area contributed by atoms with E-state index >= 15 is 0 Å². The van der Waals surface area contributed by atoms with E-state index < -0.39 is 0 Å². The van der Waals surface area contributed by atoms with Crippen molar-refractivity contribution >= 4 is 22.4 Å². The van der Waals surface area contributed by atoms with Crippen molar-refractivity contribution in [2.24, 2.45) is 5.41 Å². The standard InChI is InChI=1S/C26H31FN2O2S/c1-17-23(18-7-11-20(27)12-8-18)29-24(32-17)28-22(30)15-31-21-13-9-19(10-14-21)26(5,6)16-25(2,3)4/h7-14H,15-16H2,1-6H3,(H,28,29,30). The molecule has 1 aromatic heterocycles. The van der Waals surface area contributed by atoms with Gasteiger partial charge in [-0.3, -0.25) is 10.1 Å². The number of nitrogens with one attached hydrogen (secondary N) is 1. The molecule has 170 valence electrons. The Morgan fingerprint density at radius 3 is 2.25 bits per heavy atom. The highest BCUT2D eigenvalue weighted by Gasteiger charge is 2.27. The molecule has 1 N–H and O–H groups in total. The van der Waals surface area contributed by atoms with Gasteiger partial charge in [0.15, 0.2) is 11.7 Å². The molecule has 0 unspecified atom stereocenters. The largest absolute Gasteiger partial charge is 0.484 e. The summed E-state index contributed by atoms with van der Waals surface area (Å²) in [6, 6.07) is 14.1. The lowest BCUT2D eigenvalue weighted by molar-refractivity contribution is -0.118. The zero-order valence-corrected chi connectivity index (χ0v) is 20.4. The maximum atomic E-state index is 13.2. The minimum absolute atomic E-state index is 0.0546. The number of anilines is 1. The molecule has 0 saturated heterocycles. The number of carbonyl (C=O) groups excluding carboxylic acids is 1. The first-order chi connectivity index (χ1) is 14.9. The number of aromatic nitrogens is 1. The van der Waals surface area contributed by atoms with E-state index in [2.05, 4.69) is 57.1 Å². The summed E-state index contributed by atoms with van der Waals surface area (Å²) in [6.45, 7) is 13.1. The minimum Gasteiger partial charge on any atom is -0.484 e. The topological polar surface area (TPSA) is 51.2 Å². The predicted molar refractivity (Wildman–Crippen MR) is 130 cm³/mol. The molecule has 32 heavy (non-hydrogen) atoms. The summed E-state index contributed by atoms with van der Waals surface area (Å²) in [7, 11) is 0. The van der Waals surface area contributed by atoms with Crippen molar-refractivity contribution in [2.45, 2.75) is 53.4 Å². The van der Waals surface area contributed by atoms with Crippen LogP contribution in [0.25, 0.3) is 11.3 Å². The average Bonchev–Trinajstić information content (AvgIpc) is 3.05. The summed E-state index contributed by atoms with van der Waals surface area (Å²) in [4.78, 5) is 17.8. The average molecular weight is 455 g/mol. The monoisotopic (exact) mass is 454 g/mol. The molecular formula is C26H31FN2O2S. The van der Waals surface area contributed by atoms with Crippen LogP contribution in [0.1, 0.15) is 51.5 Å². The number of benzene rings is 2. The van der Waals surface area contributed by atoms with Crippen LogP contribution < -0.4 is 10.1 Å². The van der Waals surface area contributed by atoms with Gasteiger partial charge in [-0.05, 0) is 66.1 Å². The van der Waals surface area contributed by atoms with Crippen molar-refractivity contribution in [1.82, 2.24) is 4.98 Å². The van der Waals surface area contributed by atoms with Crippen LogP contribution in [0.15, 0.2) is 48.5 Å². The molecule has 1 heterocycles. The number of halogens is 1. The zero-order valence-electron chi connectivity index (χ0n) is 19.6. The van der Waals surface area contributed by atoms with Crippen LogP contribution >= 0.6 is 11.3 Å². The zero-order chi connectivity index (χ0) is 23.5. The summed E-state index contributed by atoms with van der Waals surface area (Å²) >= 11 is 1.38. The highest BCUT2D eigenvalue weighted by molar-refractivity contribution is 7.16. The third-order valence-corrected chi connectivity index (χ3v) is 6.02. The van der Waals surface area contributed by atoms with Crippen LogP contribution in [0.4, 0.5) is 9.52 Å². The summed E-state index contributed by atoms with van der Waals surface area (Å²) in [5.41, 5.74) is 3.09. The lowest BCUT2D eigenvalue weighted by Crippen LogP contribution is -2.24. The van der Waals surface area contributed by atoms with Crippen LogP contribution in [-0.4, -0.2) is 17.5 Å². The van der Waals surface area contributed by atoms with Crippen LogP contribution in [0.3, 0.4) is 0 Å². The third kappa shape index (κ3) is 6.39. The lowest BCUT2D eigenvalue weighted by atomic mass is 9.72. The molecular weight excluding hydrogens is 423 g/mol. The van der Waals surface area contributed by atoms with Crippen molar-refractivity contribution in [3.63, 3.8) is 0 Å². The van der Waals surface area contributed by atoms with Crippen molar-refractivity contribution in [1.29, 1.82) is 0 Å². The van der Waals surface area contributed by atoms with Crippen LogP contribution in [0.5, 0.6) is 5.75 Å². The number of amides is 1. The third-order valence-electron chi connectivity index (χ3n) is 5.14. The smallest absolute Gasteiger partial charge is 0.264 e. The molecule has 0 spiro atoms. The Labute approximate surface area is 193 Å². The van der Waals surface area contributed by atoms with Crippen LogP contribution in [0, 0.1) is 18.2 Å². The molecule has 2 aromatic carbocycles. The van der Waals surface area contributed by atoms with Gasteiger partial charge in [-0.15, -0.1) is 11.3 Å². The van der Waals surface area contributed by atoms with Crippen molar-refractivity contribution in [3.8, 4) is 17.0 Å². The maximum absolute atomic E-state index is 13.2. The summed E-state index contributed by atoms with van der Waals surface area (Å²) in [5, 5.41) is 3.28. The van der Waals surface area contributed by atoms with Gasteiger partial charge < -0.3 is 4.74 Å². The van der Waals surface area contributed by atoms with E-state index in [1.807, 2.05) is 19.1 Å². The van der Waals surface area contributed by atoms with Crippen molar-refractivity contribution in [3.05, 3.63) is 64.8 Å². The Hall–Kier alpha value is -2.73. The first-order valence-corrected chi connectivity index (χ1v) is 11.5. The van der Waals surface area contributed by atoms with Gasteiger partial charge in [-0.1, -0.05) is 46.8 Å². The second-order valence-corrected chi connectivity index (χ2v) is 11.1. The number of carbonyl (C=O) groups is 1. The van der Waals surface area contributed by atoms with E-state index in [4.69, 9.17) is 4.74 Å².